The number of benzene rings is 2. The van der Waals surface area contributed by atoms with Gasteiger partial charge in [-0.3, -0.25) is 4.79 Å². The molecule has 216 valence electrons. The normalized spacial score (nSPS) is 12.3. The Labute approximate surface area is 238 Å². The molecule has 12 heteroatoms. The number of nitrogens with zero attached hydrogens (tertiary/aromatic N) is 4. The Morgan fingerprint density at radius 3 is 2.43 bits per heavy atom. The van der Waals surface area contributed by atoms with E-state index in [0.29, 0.717) is 12.0 Å². The van der Waals surface area contributed by atoms with Gasteiger partial charge in [-0.1, -0.05) is 31.2 Å². The number of carbonyl (C=O) groups is 1. The fraction of sp³-hybridized carbons (Fsp3) is 0.200. The van der Waals surface area contributed by atoms with Crippen LogP contribution in [0.3, 0.4) is 0 Å². The molecule has 1 amide bonds. The van der Waals surface area contributed by atoms with E-state index in [1.807, 2.05) is 30.5 Å². The smallest absolute Gasteiger partial charge is 0.383 e. The molecular weight excluding hydrogens is 550 g/mol. The molecule has 0 bridgehead atoms. The summed E-state index contributed by atoms with van der Waals surface area (Å²) in [5, 5.41) is 6.21. The molecule has 0 spiro atoms. The fourth-order valence-electron chi connectivity index (χ4n) is 4.51. The van der Waals surface area contributed by atoms with Gasteiger partial charge >= 0.3 is 6.18 Å². The minimum absolute atomic E-state index is 0.0340. The van der Waals surface area contributed by atoms with Crippen LogP contribution in [0.1, 0.15) is 47.8 Å². The van der Waals surface area contributed by atoms with Crippen LogP contribution in [0, 0.1) is 5.82 Å². The first kappa shape index (κ1) is 28.5. The second-order valence-corrected chi connectivity index (χ2v) is 9.79. The number of aromatic nitrogens is 4. The molecule has 42 heavy (non-hydrogen) atoms. The molecule has 5 rings (SSSR count). The number of nitrogens with one attached hydrogen (secondary N) is 2. The van der Waals surface area contributed by atoms with E-state index >= 15 is 0 Å². The molecule has 0 fully saturated rings. The van der Waals surface area contributed by atoms with E-state index in [1.165, 1.54) is 18.5 Å². The fourth-order valence-corrected chi connectivity index (χ4v) is 4.51. The van der Waals surface area contributed by atoms with Crippen LogP contribution in [0.15, 0.2) is 73.3 Å². The first-order valence-electron chi connectivity index (χ1n) is 13.1. The number of rotatable bonds is 8. The van der Waals surface area contributed by atoms with Gasteiger partial charge in [0.2, 0.25) is 0 Å². The molecule has 4 N–H and O–H groups in total. The van der Waals surface area contributed by atoms with Crippen LogP contribution in [0.5, 0.6) is 0 Å². The van der Waals surface area contributed by atoms with Crippen molar-refractivity contribution in [3.05, 3.63) is 95.8 Å². The Bertz CT molecular complexity index is 1730. The van der Waals surface area contributed by atoms with Gasteiger partial charge in [0.15, 0.2) is 0 Å². The number of nitrogens with two attached hydrogens (primary N) is 1. The predicted molar refractivity (Wildman–Crippen MR) is 153 cm³/mol. The molecule has 0 aliphatic carbocycles. The van der Waals surface area contributed by atoms with E-state index in [4.69, 9.17) is 5.73 Å². The topological polar surface area (TPSA) is 111 Å². The van der Waals surface area contributed by atoms with Crippen molar-refractivity contribution in [1.82, 2.24) is 19.5 Å². The first-order chi connectivity index (χ1) is 20.0. The molecule has 1 unspecified atom stereocenters. The maximum atomic E-state index is 13.4. The van der Waals surface area contributed by atoms with Crippen molar-refractivity contribution in [2.24, 2.45) is 0 Å². The van der Waals surface area contributed by atoms with Crippen molar-refractivity contribution < 1.29 is 22.4 Å². The van der Waals surface area contributed by atoms with E-state index in [9.17, 15) is 22.4 Å². The highest BCUT2D eigenvalue weighted by Gasteiger charge is 2.32. The van der Waals surface area contributed by atoms with Crippen LogP contribution >= 0.6 is 0 Å². The van der Waals surface area contributed by atoms with Crippen LogP contribution in [-0.4, -0.2) is 25.4 Å². The Morgan fingerprint density at radius 2 is 1.76 bits per heavy atom. The summed E-state index contributed by atoms with van der Waals surface area (Å²) >= 11 is 0. The van der Waals surface area contributed by atoms with Crippen molar-refractivity contribution >= 4 is 34.3 Å². The number of hydrogen-bond acceptors (Lipinski definition) is 6. The second-order valence-electron chi connectivity index (χ2n) is 9.79. The molecule has 5 aromatic rings. The van der Waals surface area contributed by atoms with Crippen LogP contribution < -0.4 is 16.4 Å². The van der Waals surface area contributed by atoms with Crippen LogP contribution in [0.4, 0.5) is 34.9 Å². The Balaban J connectivity index is 1.39. The third-order valence-corrected chi connectivity index (χ3v) is 6.99. The lowest BCUT2D eigenvalue weighted by atomic mass is 10.0. The van der Waals surface area contributed by atoms with Gasteiger partial charge in [0.05, 0.1) is 16.5 Å². The van der Waals surface area contributed by atoms with Gasteiger partial charge < -0.3 is 20.9 Å². The Hall–Kier alpha value is -5.00. The summed E-state index contributed by atoms with van der Waals surface area (Å²) in [6.45, 7) is 4.36. The molecule has 8 nitrogen and oxygen atoms in total. The highest BCUT2D eigenvalue weighted by molar-refractivity contribution is 6.07. The molecular formula is C30H27F4N7O. The average molecular weight is 578 g/mol. The average Bonchev–Trinajstić information content (AvgIpc) is 3.37. The van der Waals surface area contributed by atoms with E-state index in [2.05, 4.69) is 44.0 Å². The number of hydrogen-bond donors (Lipinski definition) is 3. The standard InChI is InChI=1S/C30H27F4N7O/c1-3-17(2)41-15-24(25-26(35)38-16-39-28(25)41)19-6-4-18(5-7-19)13-36-27-23(12-20(14-37-27)30(32,33)34)29(42)40-22-10-8-21(31)9-11-22/h4-12,14-17H,3,13H2,1-2H3,(H,36,37)(H,40,42)(H2,35,38,39). The number of amides is 1. The van der Waals surface area contributed by atoms with E-state index in [-0.39, 0.29) is 29.7 Å². The molecule has 0 aliphatic heterocycles. The summed E-state index contributed by atoms with van der Waals surface area (Å²) in [6.07, 6.45) is 0.325. The van der Waals surface area contributed by atoms with Gasteiger partial charge in [0.25, 0.3) is 5.91 Å². The summed E-state index contributed by atoms with van der Waals surface area (Å²) < 4.78 is 55.5. The maximum absolute atomic E-state index is 13.4. The third-order valence-electron chi connectivity index (χ3n) is 6.99. The zero-order chi connectivity index (χ0) is 30.0. The number of halogens is 4. The van der Waals surface area contributed by atoms with Crippen molar-refractivity contribution in [2.75, 3.05) is 16.4 Å². The van der Waals surface area contributed by atoms with E-state index in [1.54, 1.807) is 0 Å². The molecule has 0 saturated carbocycles. The van der Waals surface area contributed by atoms with E-state index in [0.717, 1.165) is 52.3 Å². The van der Waals surface area contributed by atoms with Gasteiger partial charge in [0.1, 0.15) is 29.4 Å². The van der Waals surface area contributed by atoms with Crippen LogP contribution in [0.25, 0.3) is 22.2 Å². The Kier molecular flexibility index (Phi) is 7.79. The largest absolute Gasteiger partial charge is 0.417 e. The predicted octanol–water partition coefficient (Wildman–Crippen LogP) is 7.07. The summed E-state index contributed by atoms with van der Waals surface area (Å²) in [7, 11) is 0. The highest BCUT2D eigenvalue weighted by atomic mass is 19.4. The molecule has 0 saturated heterocycles. The number of pyridine rings is 1. The molecule has 3 heterocycles. The minimum atomic E-state index is -4.70. The molecule has 1 atom stereocenters. The summed E-state index contributed by atoms with van der Waals surface area (Å²) in [6, 6.07) is 13.3. The molecule has 3 aromatic heterocycles. The zero-order valence-electron chi connectivity index (χ0n) is 22.7. The highest BCUT2D eigenvalue weighted by Crippen LogP contribution is 2.35. The monoisotopic (exact) mass is 577 g/mol. The van der Waals surface area contributed by atoms with Crippen molar-refractivity contribution in [1.29, 1.82) is 0 Å². The van der Waals surface area contributed by atoms with Gasteiger partial charge in [-0.25, -0.2) is 19.3 Å². The number of anilines is 3. The number of carbonyl (C=O) groups excluding carboxylic acids is 1. The van der Waals surface area contributed by atoms with Gasteiger partial charge in [0, 0.05) is 36.2 Å². The Morgan fingerprint density at radius 1 is 1.05 bits per heavy atom. The van der Waals surface area contributed by atoms with Crippen LogP contribution in [-0.2, 0) is 12.7 Å². The lowest BCUT2D eigenvalue weighted by Gasteiger charge is -2.14. The van der Waals surface area contributed by atoms with E-state index < -0.39 is 23.5 Å². The van der Waals surface area contributed by atoms with Gasteiger partial charge in [-0.2, -0.15) is 13.2 Å². The molecule has 0 radical (unpaired) electrons. The van der Waals surface area contributed by atoms with Crippen molar-refractivity contribution in [3.8, 4) is 11.1 Å². The summed E-state index contributed by atoms with van der Waals surface area (Å²) in [5.41, 5.74) is 8.38. The SMILES string of the molecule is CCC(C)n1cc(-c2ccc(CNc3ncc(C(F)(F)F)cc3C(=O)Nc3ccc(F)cc3)cc2)c2c(N)ncnc21. The van der Waals surface area contributed by atoms with Crippen LogP contribution in [0.2, 0.25) is 0 Å². The maximum Gasteiger partial charge on any atom is 0.417 e. The molecule has 2 aromatic carbocycles. The zero-order valence-corrected chi connectivity index (χ0v) is 22.7. The molecule has 0 aliphatic rings. The number of nitrogen functional groups attached to an aromatic ring is 1. The van der Waals surface area contributed by atoms with Gasteiger partial charge in [-0.05, 0) is 54.8 Å². The number of fused-ring (bicyclic) bond motifs is 1. The lowest BCUT2D eigenvalue weighted by Crippen LogP contribution is -2.18. The van der Waals surface area contributed by atoms with Crippen molar-refractivity contribution in [2.45, 2.75) is 39.0 Å². The second kappa shape index (κ2) is 11.5. The summed E-state index contributed by atoms with van der Waals surface area (Å²) in [5.74, 6) is -0.994. The number of alkyl halides is 3. The quantitative estimate of drug-likeness (QED) is 0.170. The minimum Gasteiger partial charge on any atom is -0.383 e. The summed E-state index contributed by atoms with van der Waals surface area (Å²) in [4.78, 5) is 25.4. The third kappa shape index (κ3) is 5.87. The first-order valence-corrected chi connectivity index (χ1v) is 13.1. The lowest BCUT2D eigenvalue weighted by molar-refractivity contribution is -0.137. The van der Waals surface area contributed by atoms with Crippen molar-refractivity contribution in [3.63, 3.8) is 0 Å². The van der Waals surface area contributed by atoms with Gasteiger partial charge in [-0.15, -0.1) is 0 Å².